The zero-order valence-electron chi connectivity index (χ0n) is 20.5. The maximum Gasteiger partial charge on any atom is 0.338 e. The molecular weight excluding hydrogens is 464 g/mol. The summed E-state index contributed by atoms with van der Waals surface area (Å²) < 4.78 is 11.7. The minimum Gasteiger partial charge on any atom is -1.00 e. The van der Waals surface area contributed by atoms with Gasteiger partial charge in [-0.3, -0.25) is 0 Å². The fraction of sp³-hybridized carbons (Fsp3) is 0.286. The summed E-state index contributed by atoms with van der Waals surface area (Å²) in [4.78, 5) is 16.3. The second kappa shape index (κ2) is 11.4. The van der Waals surface area contributed by atoms with Crippen molar-refractivity contribution in [3.63, 3.8) is 0 Å². The fourth-order valence-corrected chi connectivity index (χ4v) is 4.35. The summed E-state index contributed by atoms with van der Waals surface area (Å²) in [6, 6.07) is 15.7. The molecule has 3 N–H and O–H groups in total. The predicted molar refractivity (Wildman–Crippen MR) is 134 cm³/mol. The standard InChI is InChI=1S/C28H30N2O4.ClH/c1-5-29-23-15-25-21(13-17(23)3)27(19-9-7-8-10-20(19)28(32)33-12-11-31)22-14-18(4)24(30-6-2)16-26(22)34-25;/h7-10,13-16,29,31H,5-6,11-12H2,1-4H3;1H. The molecule has 4 rings (SSSR count). The van der Waals surface area contributed by atoms with Crippen molar-refractivity contribution in [2.75, 3.05) is 31.6 Å². The third-order valence-corrected chi connectivity index (χ3v) is 5.89. The first-order valence-electron chi connectivity index (χ1n) is 11.7. The zero-order chi connectivity index (χ0) is 24.2. The Kier molecular flexibility index (Phi) is 8.54. The van der Waals surface area contributed by atoms with E-state index in [0.717, 1.165) is 68.7 Å². The number of anilines is 1. The number of ether oxygens (including phenoxy) is 1. The average Bonchev–Trinajstić information content (AvgIpc) is 2.83. The number of aliphatic hydroxyl groups excluding tert-OH is 1. The number of carbonyl (C=O) groups is 1. The number of benzene rings is 3. The normalized spacial score (nSPS) is 11.5. The lowest BCUT2D eigenvalue weighted by Gasteiger charge is -2.19. The predicted octanol–water partition coefficient (Wildman–Crippen LogP) is 0.408. The van der Waals surface area contributed by atoms with E-state index in [9.17, 15) is 4.79 Å². The highest BCUT2D eigenvalue weighted by molar-refractivity contribution is 6.08. The molecule has 2 aromatic carbocycles. The van der Waals surface area contributed by atoms with Gasteiger partial charge in [0.15, 0.2) is 0 Å². The van der Waals surface area contributed by atoms with Crippen molar-refractivity contribution in [2.45, 2.75) is 27.7 Å². The lowest BCUT2D eigenvalue weighted by Crippen LogP contribution is -3.00. The molecule has 1 aliphatic carbocycles. The van der Waals surface area contributed by atoms with Crippen molar-refractivity contribution in [3.8, 4) is 22.5 Å². The highest BCUT2D eigenvalue weighted by atomic mass is 35.5. The van der Waals surface area contributed by atoms with E-state index in [-0.39, 0.29) is 25.6 Å². The van der Waals surface area contributed by atoms with Crippen LogP contribution in [0.5, 0.6) is 0 Å². The van der Waals surface area contributed by atoms with Gasteiger partial charge in [0.05, 0.1) is 18.2 Å². The van der Waals surface area contributed by atoms with E-state index in [0.29, 0.717) is 5.56 Å². The summed E-state index contributed by atoms with van der Waals surface area (Å²) in [7, 11) is 0. The van der Waals surface area contributed by atoms with E-state index >= 15 is 0 Å². The van der Waals surface area contributed by atoms with Gasteiger partial charge < -0.3 is 32.0 Å². The lowest BCUT2D eigenvalue weighted by molar-refractivity contribution is -0.496. The summed E-state index contributed by atoms with van der Waals surface area (Å²) in [5.41, 5.74) is 6.98. The molecule has 0 saturated carbocycles. The van der Waals surface area contributed by atoms with Crippen LogP contribution in [-0.2, 0) is 4.74 Å². The number of nitrogens with one attached hydrogen (secondary N) is 2. The number of esters is 1. The third kappa shape index (κ3) is 5.19. The lowest BCUT2D eigenvalue weighted by atomic mass is 9.89. The molecule has 0 atom stereocenters. The monoisotopic (exact) mass is 494 g/mol. The second-order valence-corrected chi connectivity index (χ2v) is 8.27. The van der Waals surface area contributed by atoms with Gasteiger partial charge in [0.1, 0.15) is 24.5 Å². The summed E-state index contributed by atoms with van der Waals surface area (Å²) >= 11 is 0. The number of rotatable bonds is 7. The average molecular weight is 495 g/mol. The fourth-order valence-electron chi connectivity index (χ4n) is 4.35. The van der Waals surface area contributed by atoms with Crippen molar-refractivity contribution in [2.24, 2.45) is 0 Å². The number of hydrogen-bond donors (Lipinski definition) is 3. The Morgan fingerprint density at radius 1 is 1.06 bits per heavy atom. The summed E-state index contributed by atoms with van der Waals surface area (Å²) in [6.07, 6.45) is 0. The molecule has 2 aliphatic rings. The molecule has 1 heterocycles. The van der Waals surface area contributed by atoms with Gasteiger partial charge in [-0.05, 0) is 57.0 Å². The number of aryl methyl sites for hydroxylation is 2. The van der Waals surface area contributed by atoms with Crippen molar-refractivity contribution in [3.05, 3.63) is 70.6 Å². The number of aliphatic hydroxyl groups is 1. The molecule has 35 heavy (non-hydrogen) atoms. The highest BCUT2D eigenvalue weighted by Crippen LogP contribution is 2.42. The van der Waals surface area contributed by atoms with Gasteiger partial charge in [-0.25, -0.2) is 9.79 Å². The van der Waals surface area contributed by atoms with Gasteiger partial charge in [0, 0.05) is 40.4 Å². The van der Waals surface area contributed by atoms with Crippen LogP contribution in [0, 0.1) is 13.8 Å². The van der Waals surface area contributed by atoms with Gasteiger partial charge in [0.2, 0.25) is 5.36 Å². The van der Waals surface area contributed by atoms with Crippen LogP contribution in [0.4, 0.5) is 5.69 Å². The van der Waals surface area contributed by atoms with Crippen LogP contribution in [0.15, 0.2) is 52.9 Å². The van der Waals surface area contributed by atoms with E-state index < -0.39 is 5.97 Å². The van der Waals surface area contributed by atoms with E-state index in [1.165, 1.54) is 0 Å². The molecule has 0 saturated heterocycles. The SMILES string of the molecule is CCNc1cc2oc3cc(=[NH+]CC)c(C)cc-3c(-c3ccccc3C(=O)OCCO)c2cc1C.[Cl-]. The maximum absolute atomic E-state index is 12.9. The Bertz CT molecular complexity index is 1390. The van der Waals surface area contributed by atoms with Crippen LogP contribution in [-0.4, -0.2) is 37.4 Å². The van der Waals surface area contributed by atoms with Crippen LogP contribution in [0.1, 0.15) is 35.3 Å². The van der Waals surface area contributed by atoms with Crippen molar-refractivity contribution >= 4 is 22.6 Å². The number of fused-ring (bicyclic) bond motifs is 2. The molecule has 184 valence electrons. The van der Waals surface area contributed by atoms with Gasteiger partial charge in [-0.15, -0.1) is 0 Å². The molecule has 0 fully saturated rings. The second-order valence-electron chi connectivity index (χ2n) is 8.27. The first-order valence-corrected chi connectivity index (χ1v) is 11.7. The van der Waals surface area contributed by atoms with Crippen LogP contribution in [0.25, 0.3) is 33.4 Å². The van der Waals surface area contributed by atoms with Gasteiger partial charge >= 0.3 is 5.97 Å². The van der Waals surface area contributed by atoms with Crippen LogP contribution >= 0.6 is 0 Å². The first-order chi connectivity index (χ1) is 16.5. The minimum absolute atomic E-state index is 0. The summed E-state index contributed by atoms with van der Waals surface area (Å²) in [5, 5.41) is 14.5. The van der Waals surface area contributed by atoms with E-state index in [1.54, 1.807) is 6.07 Å². The summed E-state index contributed by atoms with van der Waals surface area (Å²) in [6.45, 7) is 9.58. The van der Waals surface area contributed by atoms with Gasteiger partial charge in [0.25, 0.3) is 0 Å². The molecule has 1 aliphatic heterocycles. The molecular formula is C28H31ClN2O4. The van der Waals surface area contributed by atoms with Crippen molar-refractivity contribution < 1.29 is 36.5 Å². The summed E-state index contributed by atoms with van der Waals surface area (Å²) in [5.74, 6) is 0.266. The van der Waals surface area contributed by atoms with E-state index in [2.05, 4.69) is 50.1 Å². The van der Waals surface area contributed by atoms with Gasteiger partial charge in [-0.2, -0.15) is 0 Å². The Balaban J connectivity index is 0.00000342. The largest absolute Gasteiger partial charge is 1.00 e. The highest BCUT2D eigenvalue weighted by Gasteiger charge is 2.24. The number of halogens is 1. The molecule has 7 heteroatoms. The number of hydrogen-bond acceptors (Lipinski definition) is 5. The van der Waals surface area contributed by atoms with Crippen LogP contribution in [0.2, 0.25) is 0 Å². The molecule has 2 aromatic rings. The molecule has 0 bridgehead atoms. The quantitative estimate of drug-likeness (QED) is 0.256. The molecule has 0 radical (unpaired) electrons. The Morgan fingerprint density at radius 2 is 1.83 bits per heavy atom. The smallest absolute Gasteiger partial charge is 0.338 e. The molecule has 0 spiro atoms. The van der Waals surface area contributed by atoms with Crippen LogP contribution in [0.3, 0.4) is 0 Å². The van der Waals surface area contributed by atoms with E-state index in [1.807, 2.05) is 30.3 Å². The zero-order valence-corrected chi connectivity index (χ0v) is 21.3. The molecule has 0 amide bonds. The van der Waals surface area contributed by atoms with Crippen molar-refractivity contribution in [1.29, 1.82) is 0 Å². The topological polar surface area (TPSA) is 85.7 Å². The molecule has 0 unspecified atom stereocenters. The Hall–Kier alpha value is -3.35. The van der Waals surface area contributed by atoms with Crippen molar-refractivity contribution in [1.82, 2.24) is 0 Å². The molecule has 6 nitrogen and oxygen atoms in total. The van der Waals surface area contributed by atoms with E-state index in [4.69, 9.17) is 14.3 Å². The number of carbonyl (C=O) groups excluding carboxylic acids is 1. The van der Waals surface area contributed by atoms with Crippen LogP contribution < -0.4 is 28.1 Å². The molecule has 0 aromatic heterocycles. The maximum atomic E-state index is 12.9. The van der Waals surface area contributed by atoms with Gasteiger partial charge in [-0.1, -0.05) is 18.2 Å². The Labute approximate surface area is 211 Å². The first kappa shape index (κ1) is 26.3. The Morgan fingerprint density at radius 3 is 2.54 bits per heavy atom. The minimum atomic E-state index is -0.464. The third-order valence-electron chi connectivity index (χ3n) is 5.89.